The van der Waals surface area contributed by atoms with E-state index in [1.807, 2.05) is 27.7 Å². The van der Waals surface area contributed by atoms with Gasteiger partial charge in [0, 0.05) is 36.6 Å². The number of carbonyl (C=O) groups is 4. The Balaban J connectivity index is 1.68. The molecule has 0 bridgehead atoms. The molecule has 2 aliphatic heterocycles. The zero-order chi connectivity index (χ0) is 28.2. The van der Waals surface area contributed by atoms with Crippen molar-refractivity contribution in [3.63, 3.8) is 0 Å². The molecule has 10 heteroatoms. The second-order valence-corrected chi connectivity index (χ2v) is 10.4. The second-order valence-electron chi connectivity index (χ2n) is 10.4. The van der Waals surface area contributed by atoms with Gasteiger partial charge in [-0.25, -0.2) is 0 Å². The highest BCUT2D eigenvalue weighted by molar-refractivity contribution is 5.96. The van der Waals surface area contributed by atoms with E-state index in [2.05, 4.69) is 10.6 Å². The van der Waals surface area contributed by atoms with Crippen molar-refractivity contribution < 1.29 is 19.2 Å². The lowest BCUT2D eigenvalue weighted by Gasteiger charge is -2.28. The van der Waals surface area contributed by atoms with Crippen LogP contribution in [0.2, 0.25) is 0 Å². The fourth-order valence-corrected chi connectivity index (χ4v) is 4.38. The number of primary amides is 2. The minimum Gasteiger partial charge on any atom is -0.366 e. The molecular formula is C28H44N6O4. The van der Waals surface area contributed by atoms with Crippen LogP contribution in [0.3, 0.4) is 0 Å². The van der Waals surface area contributed by atoms with Crippen molar-refractivity contribution in [2.75, 3.05) is 26.2 Å². The van der Waals surface area contributed by atoms with E-state index >= 15 is 0 Å². The van der Waals surface area contributed by atoms with E-state index in [1.54, 1.807) is 46.5 Å². The van der Waals surface area contributed by atoms with Crippen LogP contribution in [0.5, 0.6) is 0 Å². The number of carbonyl (C=O) groups excluding carboxylic acids is 4. The fourth-order valence-electron chi connectivity index (χ4n) is 4.38. The molecule has 0 aliphatic carbocycles. The summed E-state index contributed by atoms with van der Waals surface area (Å²) in [5, 5.41) is 6.78. The molecule has 2 aliphatic rings. The maximum atomic E-state index is 13.0. The quantitative estimate of drug-likeness (QED) is 0.235. The van der Waals surface area contributed by atoms with Crippen molar-refractivity contribution in [1.29, 1.82) is 0 Å². The number of nitrogens with two attached hydrogens (primary N) is 2. The van der Waals surface area contributed by atoms with Gasteiger partial charge in [-0.3, -0.25) is 19.2 Å². The molecule has 0 saturated carbocycles. The summed E-state index contributed by atoms with van der Waals surface area (Å²) >= 11 is 0. The molecule has 0 fully saturated rings. The molecule has 2 atom stereocenters. The zero-order valence-corrected chi connectivity index (χ0v) is 23.1. The average molecular weight is 529 g/mol. The van der Waals surface area contributed by atoms with E-state index < -0.39 is 11.8 Å². The predicted octanol–water partition coefficient (Wildman–Crippen LogP) is 1.31. The highest BCUT2D eigenvalue weighted by atomic mass is 16.2. The number of nitrogens with one attached hydrogen (secondary N) is 2. The minimum atomic E-state index is -0.495. The first-order chi connectivity index (χ1) is 18.0. The molecule has 0 saturated heterocycles. The first-order valence-electron chi connectivity index (χ1n) is 13.5. The van der Waals surface area contributed by atoms with E-state index in [0.29, 0.717) is 24.2 Å². The topological polar surface area (TPSA) is 151 Å². The molecule has 38 heavy (non-hydrogen) atoms. The number of hydrogen-bond acceptors (Lipinski definition) is 6. The van der Waals surface area contributed by atoms with Gasteiger partial charge in [-0.15, -0.1) is 0 Å². The number of hydrogen-bond donors (Lipinski definition) is 4. The number of amides is 4. The van der Waals surface area contributed by atoms with Crippen molar-refractivity contribution in [2.24, 2.45) is 23.3 Å². The summed E-state index contributed by atoms with van der Waals surface area (Å²) in [5.41, 5.74) is 11.4. The van der Waals surface area contributed by atoms with Crippen molar-refractivity contribution in [1.82, 2.24) is 20.4 Å². The second kappa shape index (κ2) is 15.2. The van der Waals surface area contributed by atoms with E-state index in [1.165, 1.54) is 0 Å². The van der Waals surface area contributed by atoms with Gasteiger partial charge in [-0.1, -0.05) is 52.7 Å². The molecule has 4 amide bonds. The highest BCUT2D eigenvalue weighted by Crippen LogP contribution is 2.14. The van der Waals surface area contributed by atoms with Crippen molar-refractivity contribution in [2.45, 2.75) is 65.5 Å². The standard InChI is InChI=1S/C28H44N6O4/c1-19(2)23(27(37)33-15-9-21(10-16-33)25(29)35)31-13-7-5-6-8-14-32-24(20(3)4)28(38)34-17-11-22(12-18-34)26(30)36/h9-12,15,17,19-20,23-24,31-32H,5-8,13-14,16,18H2,1-4H3,(H2,29,35)(H2,30,36). The van der Waals surface area contributed by atoms with Crippen LogP contribution in [0.1, 0.15) is 53.4 Å². The Bertz CT molecular complexity index is 904. The van der Waals surface area contributed by atoms with Crippen LogP contribution in [-0.4, -0.2) is 71.7 Å². The zero-order valence-electron chi connectivity index (χ0n) is 23.1. The first kappa shape index (κ1) is 31.0. The molecule has 0 aromatic heterocycles. The first-order valence-corrected chi connectivity index (χ1v) is 13.5. The summed E-state index contributed by atoms with van der Waals surface area (Å²) in [7, 11) is 0. The van der Waals surface area contributed by atoms with Gasteiger partial charge in [-0.2, -0.15) is 0 Å². The largest absolute Gasteiger partial charge is 0.366 e. The summed E-state index contributed by atoms with van der Waals surface area (Å²) in [6.07, 6.45) is 13.6. The summed E-state index contributed by atoms with van der Waals surface area (Å²) in [6, 6.07) is -0.610. The third-order valence-electron chi connectivity index (χ3n) is 6.72. The van der Waals surface area contributed by atoms with Gasteiger partial charge < -0.3 is 31.9 Å². The van der Waals surface area contributed by atoms with Crippen molar-refractivity contribution in [3.8, 4) is 0 Å². The molecule has 10 nitrogen and oxygen atoms in total. The molecule has 2 heterocycles. The molecule has 0 radical (unpaired) electrons. The summed E-state index contributed by atoms with van der Waals surface area (Å²) in [6.45, 7) is 10.2. The van der Waals surface area contributed by atoms with Crippen LogP contribution < -0.4 is 22.1 Å². The summed E-state index contributed by atoms with van der Waals surface area (Å²) < 4.78 is 0. The lowest BCUT2D eigenvalue weighted by Crippen LogP contribution is -2.48. The van der Waals surface area contributed by atoms with Gasteiger partial charge >= 0.3 is 0 Å². The number of nitrogens with zero attached hydrogens (tertiary/aromatic N) is 2. The average Bonchev–Trinajstić information content (AvgIpc) is 2.88. The molecule has 6 N–H and O–H groups in total. The monoisotopic (exact) mass is 528 g/mol. The predicted molar refractivity (Wildman–Crippen MR) is 148 cm³/mol. The van der Waals surface area contributed by atoms with Gasteiger partial charge in [-0.05, 0) is 49.9 Å². The Morgan fingerprint density at radius 2 is 1.08 bits per heavy atom. The summed E-state index contributed by atoms with van der Waals surface area (Å²) in [5.74, 6) is -0.779. The maximum Gasteiger partial charge on any atom is 0.248 e. The molecule has 0 spiro atoms. The van der Waals surface area contributed by atoms with Gasteiger partial charge in [0.1, 0.15) is 0 Å². The van der Waals surface area contributed by atoms with Crippen LogP contribution in [-0.2, 0) is 19.2 Å². The lowest BCUT2D eigenvalue weighted by molar-refractivity contribution is -0.132. The molecule has 210 valence electrons. The fraction of sp³-hybridized carbons (Fsp3) is 0.571. The van der Waals surface area contributed by atoms with E-state index in [4.69, 9.17) is 11.5 Å². The molecule has 0 aromatic rings. The van der Waals surface area contributed by atoms with Gasteiger partial charge in [0.25, 0.3) is 0 Å². The normalized spacial score (nSPS) is 16.9. The van der Waals surface area contributed by atoms with E-state index in [9.17, 15) is 19.2 Å². The Kier molecular flexibility index (Phi) is 12.4. The van der Waals surface area contributed by atoms with Crippen LogP contribution in [0, 0.1) is 11.8 Å². The van der Waals surface area contributed by atoms with Gasteiger partial charge in [0.05, 0.1) is 12.1 Å². The maximum absolute atomic E-state index is 13.0. The summed E-state index contributed by atoms with van der Waals surface area (Å²) in [4.78, 5) is 51.7. The highest BCUT2D eigenvalue weighted by Gasteiger charge is 2.27. The Morgan fingerprint density at radius 1 is 0.711 bits per heavy atom. The Labute approximate surface area is 226 Å². The SMILES string of the molecule is CC(C)C(NCCCCCCNC(C(=O)N1C=CC(C(N)=O)=CC1)C(C)C)C(=O)N1C=CC(C(N)=O)=CC1. The third kappa shape index (κ3) is 9.25. The Morgan fingerprint density at radius 3 is 1.34 bits per heavy atom. The van der Waals surface area contributed by atoms with Gasteiger partial charge in [0.2, 0.25) is 23.6 Å². The van der Waals surface area contributed by atoms with Crippen LogP contribution >= 0.6 is 0 Å². The molecule has 2 rings (SSSR count). The lowest BCUT2D eigenvalue weighted by atomic mass is 10.0. The smallest absolute Gasteiger partial charge is 0.248 e. The van der Waals surface area contributed by atoms with Crippen LogP contribution in [0.15, 0.2) is 47.9 Å². The number of unbranched alkanes of at least 4 members (excludes halogenated alkanes) is 3. The minimum absolute atomic E-state index is 0.0190. The Hall–Kier alpha value is -3.24. The van der Waals surface area contributed by atoms with Crippen LogP contribution in [0.4, 0.5) is 0 Å². The number of rotatable bonds is 15. The van der Waals surface area contributed by atoms with E-state index in [-0.39, 0.29) is 35.7 Å². The van der Waals surface area contributed by atoms with Gasteiger partial charge in [0.15, 0.2) is 0 Å². The molecular weight excluding hydrogens is 484 g/mol. The van der Waals surface area contributed by atoms with Crippen molar-refractivity contribution >= 4 is 23.6 Å². The van der Waals surface area contributed by atoms with Crippen molar-refractivity contribution in [3.05, 3.63) is 47.9 Å². The molecule has 0 aromatic carbocycles. The third-order valence-corrected chi connectivity index (χ3v) is 6.72. The van der Waals surface area contributed by atoms with Crippen LogP contribution in [0.25, 0.3) is 0 Å². The molecule has 2 unspecified atom stereocenters. The van der Waals surface area contributed by atoms with E-state index in [0.717, 1.165) is 38.8 Å².